The van der Waals surface area contributed by atoms with Crippen molar-refractivity contribution >= 4 is 0 Å². The number of rotatable bonds is 0. The lowest BCUT2D eigenvalue weighted by atomic mass is 10.2. The Morgan fingerprint density at radius 3 is 3.10 bits per heavy atom. The maximum atomic E-state index is 4.47. The van der Waals surface area contributed by atoms with Crippen LogP contribution in [0.4, 0.5) is 0 Å². The molecule has 1 unspecified atom stereocenters. The summed E-state index contributed by atoms with van der Waals surface area (Å²) in [6, 6.07) is 0.822. The fraction of sp³-hybridized carbons (Fsp3) is 1.00. The van der Waals surface area contributed by atoms with Gasteiger partial charge >= 0.3 is 0 Å². The van der Waals surface area contributed by atoms with Gasteiger partial charge < -0.3 is 0 Å². The van der Waals surface area contributed by atoms with Gasteiger partial charge in [0.2, 0.25) is 0 Å². The predicted octanol–water partition coefficient (Wildman–Crippen LogP) is 0.459. The number of hydrogen-bond acceptors (Lipinski definition) is 1. The first-order chi connectivity index (χ1) is 4.97. The molecular formula is C8H15N2. The monoisotopic (exact) mass is 139 g/mol. The maximum Gasteiger partial charge on any atom is 0.0289 e. The summed E-state index contributed by atoms with van der Waals surface area (Å²) >= 11 is 0. The van der Waals surface area contributed by atoms with Crippen LogP contribution in [0.5, 0.6) is 0 Å². The molecular weight excluding hydrogens is 124 g/mol. The zero-order chi connectivity index (χ0) is 6.81. The van der Waals surface area contributed by atoms with E-state index < -0.39 is 0 Å². The van der Waals surface area contributed by atoms with Crippen molar-refractivity contribution in [3.8, 4) is 0 Å². The molecule has 0 N–H and O–H groups in total. The van der Waals surface area contributed by atoms with Crippen molar-refractivity contribution in [1.29, 1.82) is 0 Å². The Kier molecular flexibility index (Phi) is 1.91. The molecule has 10 heavy (non-hydrogen) atoms. The fourth-order valence-electron chi connectivity index (χ4n) is 2.02. The molecule has 0 amide bonds. The van der Waals surface area contributed by atoms with Crippen molar-refractivity contribution in [1.82, 2.24) is 10.2 Å². The second-order valence-electron chi connectivity index (χ2n) is 3.32. The topological polar surface area (TPSA) is 17.3 Å². The van der Waals surface area contributed by atoms with Gasteiger partial charge in [0.15, 0.2) is 0 Å². The van der Waals surface area contributed by atoms with Gasteiger partial charge in [0, 0.05) is 19.1 Å². The molecule has 2 aliphatic rings. The minimum Gasteiger partial charge on any atom is -0.299 e. The molecule has 0 aromatic heterocycles. The zero-order valence-electron chi connectivity index (χ0n) is 6.42. The smallest absolute Gasteiger partial charge is 0.0289 e. The molecule has 2 heteroatoms. The Bertz CT molecular complexity index is 102. The standard InChI is InChI=1S/C8H15N2/c1-3-8-7-9-4-2-6-10(8)5-1/h8H,1-7H2. The van der Waals surface area contributed by atoms with E-state index in [1.54, 1.807) is 0 Å². The minimum absolute atomic E-state index is 0.822. The van der Waals surface area contributed by atoms with Gasteiger partial charge in [-0.25, -0.2) is 5.32 Å². The Hall–Kier alpha value is -0.0800. The van der Waals surface area contributed by atoms with Gasteiger partial charge in [-0.15, -0.1) is 0 Å². The summed E-state index contributed by atoms with van der Waals surface area (Å²) in [5.41, 5.74) is 0. The summed E-state index contributed by atoms with van der Waals surface area (Å²) in [5, 5.41) is 4.47. The van der Waals surface area contributed by atoms with Gasteiger partial charge in [0.1, 0.15) is 0 Å². The normalized spacial score (nSPS) is 35.4. The van der Waals surface area contributed by atoms with E-state index in [1.165, 1.54) is 32.4 Å². The molecule has 2 aliphatic heterocycles. The van der Waals surface area contributed by atoms with E-state index in [1.807, 2.05) is 0 Å². The van der Waals surface area contributed by atoms with Crippen LogP contribution < -0.4 is 5.32 Å². The highest BCUT2D eigenvalue weighted by Gasteiger charge is 2.25. The van der Waals surface area contributed by atoms with Crippen LogP contribution in [0.1, 0.15) is 19.3 Å². The summed E-state index contributed by atoms with van der Waals surface area (Å²) in [6.45, 7) is 4.85. The minimum atomic E-state index is 0.822. The molecule has 2 heterocycles. The molecule has 2 saturated heterocycles. The Morgan fingerprint density at radius 1 is 1.20 bits per heavy atom. The van der Waals surface area contributed by atoms with Crippen LogP contribution in [-0.4, -0.2) is 37.1 Å². The van der Waals surface area contributed by atoms with E-state index in [4.69, 9.17) is 0 Å². The van der Waals surface area contributed by atoms with Crippen LogP contribution >= 0.6 is 0 Å². The van der Waals surface area contributed by atoms with E-state index in [-0.39, 0.29) is 0 Å². The first-order valence-electron chi connectivity index (χ1n) is 4.34. The first kappa shape index (κ1) is 6.62. The van der Waals surface area contributed by atoms with Crippen LogP contribution in [0.3, 0.4) is 0 Å². The molecule has 1 radical (unpaired) electrons. The van der Waals surface area contributed by atoms with Gasteiger partial charge in [0.25, 0.3) is 0 Å². The molecule has 0 saturated carbocycles. The second-order valence-corrected chi connectivity index (χ2v) is 3.32. The van der Waals surface area contributed by atoms with Gasteiger partial charge in [-0.1, -0.05) is 0 Å². The van der Waals surface area contributed by atoms with Crippen molar-refractivity contribution in [2.75, 3.05) is 26.2 Å². The van der Waals surface area contributed by atoms with Crippen molar-refractivity contribution < 1.29 is 0 Å². The van der Waals surface area contributed by atoms with Gasteiger partial charge in [-0.05, 0) is 32.4 Å². The molecule has 0 spiro atoms. The average molecular weight is 139 g/mol. The van der Waals surface area contributed by atoms with Crippen molar-refractivity contribution in [3.05, 3.63) is 0 Å². The molecule has 1 atom stereocenters. The number of fused-ring (bicyclic) bond motifs is 1. The summed E-state index contributed by atoms with van der Waals surface area (Å²) < 4.78 is 0. The van der Waals surface area contributed by atoms with Crippen molar-refractivity contribution in [3.63, 3.8) is 0 Å². The second kappa shape index (κ2) is 2.89. The lowest BCUT2D eigenvalue weighted by Gasteiger charge is -2.19. The zero-order valence-corrected chi connectivity index (χ0v) is 6.42. The van der Waals surface area contributed by atoms with E-state index in [2.05, 4.69) is 10.2 Å². The molecule has 57 valence electrons. The third-order valence-corrected chi connectivity index (χ3v) is 2.60. The van der Waals surface area contributed by atoms with Crippen LogP contribution in [0.25, 0.3) is 0 Å². The molecule has 2 nitrogen and oxygen atoms in total. The van der Waals surface area contributed by atoms with Crippen molar-refractivity contribution in [2.45, 2.75) is 25.3 Å². The molecule has 0 aliphatic carbocycles. The highest BCUT2D eigenvalue weighted by atomic mass is 15.2. The molecule has 2 rings (SSSR count). The lowest BCUT2D eigenvalue weighted by molar-refractivity contribution is 0.270. The molecule has 0 aromatic rings. The van der Waals surface area contributed by atoms with E-state index in [0.29, 0.717) is 0 Å². The Labute approximate surface area is 62.6 Å². The molecule has 0 bridgehead atoms. The predicted molar refractivity (Wildman–Crippen MR) is 41.1 cm³/mol. The molecule has 2 fully saturated rings. The summed E-state index contributed by atoms with van der Waals surface area (Å²) in [6.07, 6.45) is 4.08. The van der Waals surface area contributed by atoms with Crippen LogP contribution in [-0.2, 0) is 0 Å². The first-order valence-corrected chi connectivity index (χ1v) is 4.34. The number of hydrogen-bond donors (Lipinski definition) is 0. The lowest BCUT2D eigenvalue weighted by Crippen LogP contribution is -2.32. The van der Waals surface area contributed by atoms with E-state index >= 15 is 0 Å². The average Bonchev–Trinajstić information content (AvgIpc) is 2.28. The quantitative estimate of drug-likeness (QED) is 0.476. The van der Waals surface area contributed by atoms with Gasteiger partial charge in [-0.3, -0.25) is 4.90 Å². The summed E-state index contributed by atoms with van der Waals surface area (Å²) in [5.74, 6) is 0. The SMILES string of the molecule is C1C[N]CC2CCCN2C1. The molecule has 0 aromatic carbocycles. The highest BCUT2D eigenvalue weighted by molar-refractivity contribution is 4.82. The summed E-state index contributed by atoms with van der Waals surface area (Å²) in [7, 11) is 0. The Balaban J connectivity index is 1.95. The van der Waals surface area contributed by atoms with Crippen LogP contribution in [0.2, 0.25) is 0 Å². The van der Waals surface area contributed by atoms with Gasteiger partial charge in [-0.2, -0.15) is 0 Å². The third-order valence-electron chi connectivity index (χ3n) is 2.60. The third kappa shape index (κ3) is 1.18. The van der Waals surface area contributed by atoms with Gasteiger partial charge in [0.05, 0.1) is 0 Å². The maximum absolute atomic E-state index is 4.47. The summed E-state index contributed by atoms with van der Waals surface area (Å²) in [4.78, 5) is 2.61. The van der Waals surface area contributed by atoms with E-state index in [9.17, 15) is 0 Å². The Morgan fingerprint density at radius 2 is 2.10 bits per heavy atom. The van der Waals surface area contributed by atoms with Crippen LogP contribution in [0, 0.1) is 0 Å². The number of nitrogens with zero attached hydrogens (tertiary/aromatic N) is 2. The fourth-order valence-corrected chi connectivity index (χ4v) is 2.02. The highest BCUT2D eigenvalue weighted by Crippen LogP contribution is 2.18. The van der Waals surface area contributed by atoms with E-state index in [0.717, 1.165) is 19.1 Å². The van der Waals surface area contributed by atoms with Crippen LogP contribution in [0.15, 0.2) is 0 Å². The largest absolute Gasteiger partial charge is 0.299 e. The van der Waals surface area contributed by atoms with Crippen molar-refractivity contribution in [2.24, 2.45) is 0 Å².